The highest BCUT2D eigenvalue weighted by Gasteiger charge is 2.23. The Hall–Kier alpha value is -2.83. The molecule has 3 rings (SSSR count). The molecule has 27 heavy (non-hydrogen) atoms. The Morgan fingerprint density at radius 1 is 1.30 bits per heavy atom. The number of piperidine rings is 1. The predicted molar refractivity (Wildman–Crippen MR) is 104 cm³/mol. The van der Waals surface area contributed by atoms with Crippen LogP contribution in [0.4, 0.5) is 10.7 Å². The Labute approximate surface area is 159 Å². The molecule has 1 aromatic heterocycles. The summed E-state index contributed by atoms with van der Waals surface area (Å²) in [4.78, 5) is 22.9. The summed E-state index contributed by atoms with van der Waals surface area (Å²) in [5.74, 6) is 1.16. The van der Waals surface area contributed by atoms with E-state index in [0.29, 0.717) is 29.7 Å². The van der Waals surface area contributed by atoms with Gasteiger partial charge in [-0.1, -0.05) is 26.0 Å². The summed E-state index contributed by atoms with van der Waals surface area (Å²) >= 11 is 0. The van der Waals surface area contributed by atoms with E-state index >= 15 is 0 Å². The number of hydrogen-bond acceptors (Lipinski definition) is 6. The predicted octanol–water partition coefficient (Wildman–Crippen LogP) is 3.20. The van der Waals surface area contributed by atoms with Gasteiger partial charge >= 0.3 is 6.09 Å². The second kappa shape index (κ2) is 8.70. The highest BCUT2D eigenvalue weighted by Crippen LogP contribution is 2.28. The molecule has 0 saturated carbocycles. The lowest BCUT2D eigenvalue weighted by molar-refractivity contribution is 0.128. The van der Waals surface area contributed by atoms with Gasteiger partial charge in [-0.15, -0.1) is 0 Å². The van der Waals surface area contributed by atoms with Crippen LogP contribution < -0.4 is 10.2 Å². The van der Waals surface area contributed by atoms with Crippen LogP contribution in [0.3, 0.4) is 0 Å². The first-order valence-corrected chi connectivity index (χ1v) is 9.32. The van der Waals surface area contributed by atoms with E-state index in [1.54, 1.807) is 24.4 Å². The van der Waals surface area contributed by atoms with E-state index in [2.05, 4.69) is 20.2 Å². The number of para-hydroxylation sites is 1. The lowest BCUT2D eigenvalue weighted by atomic mass is 10.1. The zero-order valence-corrected chi connectivity index (χ0v) is 15.8. The van der Waals surface area contributed by atoms with Crippen LogP contribution in [0.1, 0.15) is 26.7 Å². The van der Waals surface area contributed by atoms with Gasteiger partial charge in [0, 0.05) is 30.9 Å². The average Bonchev–Trinajstić information content (AvgIpc) is 2.67. The maximum atomic E-state index is 11.8. The third-order valence-electron chi connectivity index (χ3n) is 4.47. The summed E-state index contributed by atoms with van der Waals surface area (Å²) in [6.07, 6.45) is 2.97. The third-order valence-corrected chi connectivity index (χ3v) is 4.47. The Kier molecular flexibility index (Phi) is 6.11. The number of benzene rings is 1. The highest BCUT2D eigenvalue weighted by molar-refractivity contribution is 5.68. The van der Waals surface area contributed by atoms with Crippen molar-refractivity contribution >= 4 is 12.0 Å². The number of rotatable bonds is 5. The summed E-state index contributed by atoms with van der Waals surface area (Å²) in [7, 11) is 0. The van der Waals surface area contributed by atoms with Gasteiger partial charge < -0.3 is 20.1 Å². The number of aromatic nitrogens is 2. The van der Waals surface area contributed by atoms with Crippen molar-refractivity contribution in [3.63, 3.8) is 0 Å². The zero-order valence-electron chi connectivity index (χ0n) is 15.8. The molecule has 0 aliphatic carbocycles. The number of anilines is 1. The highest BCUT2D eigenvalue weighted by atomic mass is 16.5. The van der Waals surface area contributed by atoms with E-state index in [0.717, 1.165) is 25.9 Å². The average molecular weight is 370 g/mol. The smallest absolute Gasteiger partial charge is 0.407 e. The molecule has 2 aromatic rings. The SMILES string of the molecule is CC(C)COC(=O)NC1CCN(c2nccc(-c3ccccc3O)n2)CC1. The maximum Gasteiger partial charge on any atom is 0.407 e. The van der Waals surface area contributed by atoms with Gasteiger partial charge in [0.25, 0.3) is 0 Å². The molecule has 0 atom stereocenters. The molecule has 0 radical (unpaired) electrons. The number of nitrogens with zero attached hydrogens (tertiary/aromatic N) is 3. The number of alkyl carbamates (subject to hydrolysis) is 1. The standard InChI is InChI=1S/C20H26N4O3/c1-14(2)13-27-20(26)22-15-8-11-24(12-9-15)19-21-10-7-17(23-19)16-5-3-4-6-18(16)25/h3-7,10,14-15,25H,8-9,11-13H2,1-2H3,(H,22,26). The quantitative estimate of drug-likeness (QED) is 0.840. The Bertz CT molecular complexity index is 773. The van der Waals surface area contributed by atoms with E-state index in [-0.39, 0.29) is 17.9 Å². The van der Waals surface area contributed by atoms with Crippen LogP contribution in [-0.2, 0) is 4.74 Å². The molecule has 2 heterocycles. The van der Waals surface area contributed by atoms with Gasteiger partial charge in [-0.2, -0.15) is 0 Å². The molecule has 1 aliphatic rings. The minimum atomic E-state index is -0.347. The van der Waals surface area contributed by atoms with E-state index in [1.807, 2.05) is 26.0 Å². The van der Waals surface area contributed by atoms with Crippen molar-refractivity contribution in [2.24, 2.45) is 5.92 Å². The van der Waals surface area contributed by atoms with Crippen molar-refractivity contribution < 1.29 is 14.6 Å². The van der Waals surface area contributed by atoms with Crippen LogP contribution in [0.5, 0.6) is 5.75 Å². The van der Waals surface area contributed by atoms with Gasteiger partial charge in [-0.3, -0.25) is 0 Å². The molecule has 144 valence electrons. The van der Waals surface area contributed by atoms with Crippen LogP contribution in [0, 0.1) is 5.92 Å². The molecule has 7 nitrogen and oxygen atoms in total. The molecule has 7 heteroatoms. The third kappa shape index (κ3) is 5.09. The Morgan fingerprint density at radius 3 is 2.74 bits per heavy atom. The molecule has 2 N–H and O–H groups in total. The van der Waals surface area contributed by atoms with Crippen molar-refractivity contribution in [3.05, 3.63) is 36.5 Å². The summed E-state index contributed by atoms with van der Waals surface area (Å²) in [6.45, 7) is 5.94. The molecular weight excluding hydrogens is 344 g/mol. The Morgan fingerprint density at radius 2 is 2.04 bits per heavy atom. The first-order valence-electron chi connectivity index (χ1n) is 9.32. The monoisotopic (exact) mass is 370 g/mol. The van der Waals surface area contributed by atoms with E-state index in [9.17, 15) is 9.90 Å². The number of ether oxygens (including phenoxy) is 1. The number of nitrogens with one attached hydrogen (secondary N) is 1. The largest absolute Gasteiger partial charge is 0.507 e. The van der Waals surface area contributed by atoms with Crippen LogP contribution >= 0.6 is 0 Å². The fourth-order valence-corrected chi connectivity index (χ4v) is 3.02. The van der Waals surface area contributed by atoms with Gasteiger partial charge in [-0.25, -0.2) is 14.8 Å². The molecule has 1 fully saturated rings. The topological polar surface area (TPSA) is 87.6 Å². The lowest BCUT2D eigenvalue weighted by Gasteiger charge is -2.32. The second-order valence-corrected chi connectivity index (χ2v) is 7.16. The van der Waals surface area contributed by atoms with Crippen molar-refractivity contribution in [1.82, 2.24) is 15.3 Å². The zero-order chi connectivity index (χ0) is 19.2. The number of phenols is 1. The van der Waals surface area contributed by atoms with Crippen LogP contribution in [0.15, 0.2) is 36.5 Å². The van der Waals surface area contributed by atoms with E-state index in [1.165, 1.54) is 0 Å². The van der Waals surface area contributed by atoms with Crippen molar-refractivity contribution in [1.29, 1.82) is 0 Å². The van der Waals surface area contributed by atoms with Crippen LogP contribution in [-0.4, -0.2) is 46.9 Å². The minimum absolute atomic E-state index is 0.0993. The normalized spacial score (nSPS) is 15.0. The van der Waals surface area contributed by atoms with Crippen molar-refractivity contribution in [2.45, 2.75) is 32.7 Å². The van der Waals surface area contributed by atoms with Crippen molar-refractivity contribution in [2.75, 3.05) is 24.6 Å². The van der Waals surface area contributed by atoms with E-state index in [4.69, 9.17) is 4.74 Å². The molecule has 1 amide bonds. The number of hydrogen-bond donors (Lipinski definition) is 2. The van der Waals surface area contributed by atoms with Crippen molar-refractivity contribution in [3.8, 4) is 17.0 Å². The number of amides is 1. The number of carbonyl (C=O) groups is 1. The van der Waals surface area contributed by atoms with Crippen LogP contribution in [0.2, 0.25) is 0 Å². The summed E-state index contributed by atoms with van der Waals surface area (Å²) in [6, 6.07) is 9.02. The number of carbonyl (C=O) groups excluding carboxylic acids is 1. The number of aromatic hydroxyl groups is 1. The van der Waals surface area contributed by atoms with Gasteiger partial charge in [-0.05, 0) is 37.0 Å². The summed E-state index contributed by atoms with van der Waals surface area (Å²) in [5, 5.41) is 13.0. The molecule has 0 unspecified atom stereocenters. The minimum Gasteiger partial charge on any atom is -0.507 e. The first-order chi connectivity index (χ1) is 13.0. The van der Waals surface area contributed by atoms with Gasteiger partial charge in [0.05, 0.1) is 12.3 Å². The molecule has 0 spiro atoms. The molecular formula is C20H26N4O3. The lowest BCUT2D eigenvalue weighted by Crippen LogP contribution is -2.45. The molecule has 0 bridgehead atoms. The van der Waals surface area contributed by atoms with E-state index < -0.39 is 0 Å². The summed E-state index contributed by atoms with van der Waals surface area (Å²) < 4.78 is 5.18. The molecule has 1 aromatic carbocycles. The maximum absolute atomic E-state index is 11.8. The Balaban J connectivity index is 1.58. The molecule has 1 saturated heterocycles. The fourth-order valence-electron chi connectivity index (χ4n) is 3.02. The van der Waals surface area contributed by atoms with Gasteiger partial charge in [0.2, 0.25) is 5.95 Å². The fraction of sp³-hybridized carbons (Fsp3) is 0.450. The van der Waals surface area contributed by atoms with Gasteiger partial charge in [0.15, 0.2) is 0 Å². The van der Waals surface area contributed by atoms with Gasteiger partial charge in [0.1, 0.15) is 5.75 Å². The molecule has 1 aliphatic heterocycles. The first kappa shape index (κ1) is 18.9. The summed E-state index contributed by atoms with van der Waals surface area (Å²) in [5.41, 5.74) is 1.38. The number of phenolic OH excluding ortho intramolecular Hbond substituents is 1. The second-order valence-electron chi connectivity index (χ2n) is 7.16. The van der Waals surface area contributed by atoms with Crippen LogP contribution in [0.25, 0.3) is 11.3 Å².